The number of methoxy groups -OCH3 is 1. The van der Waals surface area contributed by atoms with Crippen LogP contribution in [0.4, 0.5) is 10.5 Å². The molecule has 5 N–H and O–H groups in total. The highest BCUT2D eigenvalue weighted by Crippen LogP contribution is 2.28. The Morgan fingerprint density at radius 3 is 2.09 bits per heavy atom. The van der Waals surface area contributed by atoms with Crippen LogP contribution < -0.4 is 16.8 Å². The first-order chi connectivity index (χ1) is 20.7. The second-order valence-electron chi connectivity index (χ2n) is 10.7. The van der Waals surface area contributed by atoms with Gasteiger partial charge < -0.3 is 26.3 Å². The van der Waals surface area contributed by atoms with Gasteiger partial charge in [0.25, 0.3) is 0 Å². The lowest BCUT2D eigenvalue weighted by Crippen LogP contribution is -2.50. The molecule has 0 bridgehead atoms. The number of nitrogens with one attached hydrogen (secondary N) is 1. The standard InChI is InChI=1S/C32H40N4O6S/c1-41-32(38)36(31(37)30(34)29(23-10-4-2-5-11-23)24-12-6-3-7-13-24)19-9-8-14-26-20-35-21-27(42-26)22-43(39,40)28-17-15-25(33)16-18-28/h2-7,10-13,15-18,26-27,29-30,35H,8-9,14,19-22,33-34H2,1H3/t26?,27-,30-/m0/s1. The number of ether oxygens (including phenoxy) is 2. The number of rotatable bonds is 12. The Balaban J connectivity index is 1.34. The van der Waals surface area contributed by atoms with Crippen molar-refractivity contribution in [2.24, 2.45) is 5.73 Å². The summed E-state index contributed by atoms with van der Waals surface area (Å²) in [5, 5.41) is 3.26. The minimum Gasteiger partial charge on any atom is -0.452 e. The molecule has 230 valence electrons. The fraction of sp³-hybridized carbons (Fsp3) is 0.375. The number of amides is 2. The highest BCUT2D eigenvalue weighted by molar-refractivity contribution is 7.91. The predicted octanol–water partition coefficient (Wildman–Crippen LogP) is 3.32. The monoisotopic (exact) mass is 608 g/mol. The predicted molar refractivity (Wildman–Crippen MR) is 165 cm³/mol. The quantitative estimate of drug-likeness (QED) is 0.208. The van der Waals surface area contributed by atoms with Crippen LogP contribution in [0.15, 0.2) is 89.8 Å². The third kappa shape index (κ3) is 8.64. The Kier molecular flexibility index (Phi) is 11.3. The lowest BCUT2D eigenvalue weighted by Gasteiger charge is -2.31. The molecule has 10 nitrogen and oxygen atoms in total. The summed E-state index contributed by atoms with van der Waals surface area (Å²) >= 11 is 0. The molecule has 1 aliphatic heterocycles. The number of anilines is 1. The minimum atomic E-state index is -3.54. The number of nitrogens with zero attached hydrogens (tertiary/aromatic N) is 1. The first-order valence-electron chi connectivity index (χ1n) is 14.4. The maximum Gasteiger partial charge on any atom is 0.416 e. The van der Waals surface area contributed by atoms with Gasteiger partial charge in [0.15, 0.2) is 9.84 Å². The molecule has 0 aromatic heterocycles. The lowest BCUT2D eigenvalue weighted by molar-refractivity contribution is -0.131. The molecule has 1 unspecified atom stereocenters. The molecule has 0 spiro atoms. The van der Waals surface area contributed by atoms with Gasteiger partial charge in [-0.1, -0.05) is 60.7 Å². The SMILES string of the molecule is COC(=O)N(CCCCC1CNC[C@@H](CS(=O)(=O)c2ccc(N)cc2)O1)C(=O)[C@@H](N)C(c1ccccc1)c1ccccc1. The van der Waals surface area contributed by atoms with E-state index in [1.165, 1.54) is 19.2 Å². The number of carbonyl (C=O) groups excluding carboxylic acids is 2. The van der Waals surface area contributed by atoms with E-state index in [2.05, 4.69) is 5.32 Å². The van der Waals surface area contributed by atoms with E-state index in [1.54, 1.807) is 12.1 Å². The molecular weight excluding hydrogens is 568 g/mol. The molecule has 4 rings (SSSR count). The van der Waals surface area contributed by atoms with Gasteiger partial charge in [0.05, 0.1) is 36.0 Å². The van der Waals surface area contributed by atoms with Crippen molar-refractivity contribution in [2.45, 2.75) is 48.3 Å². The number of hydrogen-bond donors (Lipinski definition) is 3. The number of imide groups is 1. The Hall–Kier alpha value is -3.77. The summed E-state index contributed by atoms with van der Waals surface area (Å²) in [6.45, 7) is 1.14. The van der Waals surface area contributed by atoms with Crippen LogP contribution >= 0.6 is 0 Å². The summed E-state index contributed by atoms with van der Waals surface area (Å²) < 4.78 is 36.7. The number of sulfone groups is 1. The van der Waals surface area contributed by atoms with E-state index in [1.807, 2.05) is 60.7 Å². The zero-order chi connectivity index (χ0) is 30.8. The fourth-order valence-corrected chi connectivity index (χ4v) is 6.78. The summed E-state index contributed by atoms with van der Waals surface area (Å²) in [4.78, 5) is 27.6. The maximum atomic E-state index is 13.6. The van der Waals surface area contributed by atoms with Crippen molar-refractivity contribution in [3.63, 3.8) is 0 Å². The van der Waals surface area contributed by atoms with Crippen molar-refractivity contribution in [1.82, 2.24) is 10.2 Å². The topological polar surface area (TPSA) is 154 Å². The molecule has 2 amide bonds. The van der Waals surface area contributed by atoms with Gasteiger partial charge in [0, 0.05) is 31.2 Å². The van der Waals surface area contributed by atoms with E-state index in [-0.39, 0.29) is 23.3 Å². The molecule has 1 heterocycles. The van der Waals surface area contributed by atoms with Crippen molar-refractivity contribution in [1.29, 1.82) is 0 Å². The van der Waals surface area contributed by atoms with E-state index >= 15 is 0 Å². The average molecular weight is 609 g/mol. The second kappa shape index (κ2) is 15.1. The largest absolute Gasteiger partial charge is 0.452 e. The van der Waals surface area contributed by atoms with Crippen LogP contribution in [0, 0.1) is 0 Å². The number of unbranched alkanes of at least 4 members (excludes halogenated alkanes) is 1. The van der Waals surface area contributed by atoms with E-state index in [0.717, 1.165) is 16.0 Å². The fourth-order valence-electron chi connectivity index (χ4n) is 5.35. The summed E-state index contributed by atoms with van der Waals surface area (Å²) in [7, 11) is -2.31. The third-order valence-corrected chi connectivity index (χ3v) is 9.35. The third-order valence-electron chi connectivity index (χ3n) is 7.55. The Labute approximate surface area is 253 Å². The molecule has 11 heteroatoms. The van der Waals surface area contributed by atoms with Crippen molar-refractivity contribution in [3.8, 4) is 0 Å². The number of benzene rings is 3. The first-order valence-corrected chi connectivity index (χ1v) is 16.0. The van der Waals surface area contributed by atoms with Crippen LogP contribution in [0.1, 0.15) is 36.3 Å². The van der Waals surface area contributed by atoms with Crippen LogP contribution in [0.2, 0.25) is 0 Å². The molecule has 43 heavy (non-hydrogen) atoms. The average Bonchev–Trinajstić information content (AvgIpc) is 3.02. The van der Waals surface area contributed by atoms with Gasteiger partial charge in [-0.3, -0.25) is 4.79 Å². The van der Waals surface area contributed by atoms with Gasteiger partial charge >= 0.3 is 6.09 Å². The molecule has 0 saturated carbocycles. The molecule has 3 atom stereocenters. The number of nitrogens with two attached hydrogens (primary N) is 2. The van der Waals surface area contributed by atoms with Gasteiger partial charge in [-0.05, 0) is 54.7 Å². The number of morpholine rings is 1. The number of carbonyl (C=O) groups is 2. The van der Waals surface area contributed by atoms with Crippen LogP contribution in [0.25, 0.3) is 0 Å². The number of nitrogen functional groups attached to an aromatic ring is 1. The van der Waals surface area contributed by atoms with Crippen molar-refractivity contribution in [3.05, 3.63) is 96.1 Å². The van der Waals surface area contributed by atoms with Gasteiger partial charge in [-0.15, -0.1) is 0 Å². The summed E-state index contributed by atoms with van der Waals surface area (Å²) in [5.41, 5.74) is 14.5. The van der Waals surface area contributed by atoms with Gasteiger partial charge in [-0.25, -0.2) is 18.1 Å². The van der Waals surface area contributed by atoms with Gasteiger partial charge in [0.2, 0.25) is 5.91 Å². The van der Waals surface area contributed by atoms with Crippen LogP contribution in [-0.4, -0.2) is 76.1 Å². The van der Waals surface area contributed by atoms with Crippen molar-refractivity contribution in [2.75, 3.05) is 38.2 Å². The smallest absolute Gasteiger partial charge is 0.416 e. The molecule has 3 aromatic carbocycles. The highest BCUT2D eigenvalue weighted by atomic mass is 32.2. The summed E-state index contributed by atoms with van der Waals surface area (Å²) in [6.07, 6.45) is 0.302. The molecule has 3 aromatic rings. The van der Waals surface area contributed by atoms with E-state index in [4.69, 9.17) is 20.9 Å². The Bertz CT molecular complexity index is 1400. The zero-order valence-corrected chi connectivity index (χ0v) is 25.1. The van der Waals surface area contributed by atoms with Crippen LogP contribution in [0.3, 0.4) is 0 Å². The van der Waals surface area contributed by atoms with Crippen molar-refractivity contribution < 1.29 is 27.5 Å². The van der Waals surface area contributed by atoms with E-state index < -0.39 is 39.9 Å². The lowest BCUT2D eigenvalue weighted by atomic mass is 9.85. The van der Waals surface area contributed by atoms with E-state index in [9.17, 15) is 18.0 Å². The molecule has 1 saturated heterocycles. The van der Waals surface area contributed by atoms with Crippen molar-refractivity contribution >= 4 is 27.5 Å². The van der Waals surface area contributed by atoms with E-state index in [0.29, 0.717) is 38.0 Å². The van der Waals surface area contributed by atoms with Gasteiger partial charge in [-0.2, -0.15) is 0 Å². The second-order valence-corrected chi connectivity index (χ2v) is 12.7. The molecule has 1 aliphatic rings. The zero-order valence-electron chi connectivity index (χ0n) is 24.3. The highest BCUT2D eigenvalue weighted by Gasteiger charge is 2.34. The minimum absolute atomic E-state index is 0.130. The Morgan fingerprint density at radius 2 is 1.51 bits per heavy atom. The van der Waals surface area contributed by atoms with Crippen LogP contribution in [-0.2, 0) is 24.1 Å². The molecular formula is C32H40N4O6S. The molecule has 1 fully saturated rings. The summed E-state index contributed by atoms with van der Waals surface area (Å²) in [5.74, 6) is -1.12. The first kappa shape index (κ1) is 32.2. The van der Waals surface area contributed by atoms with Gasteiger partial charge in [0.1, 0.15) is 0 Å². The van der Waals surface area contributed by atoms with Crippen LogP contribution in [0.5, 0.6) is 0 Å². The molecule has 0 radical (unpaired) electrons. The maximum absolute atomic E-state index is 13.6. The number of hydrogen-bond acceptors (Lipinski definition) is 9. The normalized spacial score (nSPS) is 17.7. The molecule has 0 aliphatic carbocycles. The summed E-state index contributed by atoms with van der Waals surface area (Å²) in [6, 6.07) is 24.1. The Morgan fingerprint density at radius 1 is 0.930 bits per heavy atom.